The summed E-state index contributed by atoms with van der Waals surface area (Å²) in [7, 11) is 0. The van der Waals surface area contributed by atoms with Crippen LogP contribution in [-0.2, 0) is 4.74 Å². The molecule has 1 aromatic carbocycles. The molecule has 188 valence electrons. The van der Waals surface area contributed by atoms with E-state index in [4.69, 9.17) is 9.47 Å². The smallest absolute Gasteiger partial charge is 0.407 e. The standard InChI is InChI=1S/C26H35N5O3S/c1-16(12-18(3)29-25(32)34-26(5,6)7)14-33-22-9-8-20(13-17(22)2)21-10-11-27-23(30-21)31-24-28-19(4)15-35-24/h8-11,13,15-16,18H,12,14H2,1-7H3,(H,29,32)(H,27,28,30,31). The lowest BCUT2D eigenvalue weighted by molar-refractivity contribution is 0.0500. The average Bonchev–Trinajstić information content (AvgIpc) is 3.15. The van der Waals surface area contributed by atoms with Crippen LogP contribution in [-0.4, -0.2) is 39.3 Å². The molecule has 3 aromatic rings. The lowest BCUT2D eigenvalue weighted by Gasteiger charge is -2.23. The van der Waals surface area contributed by atoms with Crippen LogP contribution in [0.25, 0.3) is 11.3 Å². The van der Waals surface area contributed by atoms with E-state index in [0.717, 1.165) is 39.8 Å². The predicted octanol–water partition coefficient (Wildman–Crippen LogP) is 6.28. The van der Waals surface area contributed by atoms with Crippen molar-refractivity contribution in [3.63, 3.8) is 0 Å². The van der Waals surface area contributed by atoms with Gasteiger partial charge in [0.15, 0.2) is 5.13 Å². The van der Waals surface area contributed by atoms with Gasteiger partial charge in [0.25, 0.3) is 0 Å². The van der Waals surface area contributed by atoms with Crippen LogP contribution in [0.3, 0.4) is 0 Å². The number of carbonyl (C=O) groups is 1. The molecular formula is C26H35N5O3S. The van der Waals surface area contributed by atoms with Crippen molar-refractivity contribution in [2.75, 3.05) is 11.9 Å². The summed E-state index contributed by atoms with van der Waals surface area (Å²) in [5.74, 6) is 1.60. The second-order valence-corrected chi connectivity index (χ2v) is 10.7. The number of nitrogens with one attached hydrogen (secondary N) is 2. The SMILES string of the molecule is Cc1csc(Nc2nccc(-c3ccc(OCC(C)CC(C)NC(=O)OC(C)(C)C)c(C)c3)n2)n1. The van der Waals surface area contributed by atoms with Crippen molar-refractivity contribution >= 4 is 28.5 Å². The number of nitrogens with zero attached hydrogens (tertiary/aromatic N) is 3. The molecule has 0 aliphatic rings. The van der Waals surface area contributed by atoms with Crippen LogP contribution in [0.2, 0.25) is 0 Å². The highest BCUT2D eigenvalue weighted by Gasteiger charge is 2.19. The fourth-order valence-corrected chi connectivity index (χ4v) is 4.21. The maximum absolute atomic E-state index is 12.0. The van der Waals surface area contributed by atoms with Crippen molar-refractivity contribution in [1.82, 2.24) is 20.3 Å². The van der Waals surface area contributed by atoms with Crippen LogP contribution in [0.15, 0.2) is 35.8 Å². The van der Waals surface area contributed by atoms with E-state index in [1.54, 1.807) is 6.20 Å². The van der Waals surface area contributed by atoms with E-state index in [2.05, 4.69) is 38.6 Å². The fourth-order valence-electron chi connectivity index (χ4n) is 3.53. The highest BCUT2D eigenvalue weighted by Crippen LogP contribution is 2.27. The maximum Gasteiger partial charge on any atom is 0.407 e. The molecule has 8 nitrogen and oxygen atoms in total. The number of anilines is 2. The second kappa shape index (κ2) is 11.5. The van der Waals surface area contributed by atoms with Gasteiger partial charge in [-0.2, -0.15) is 0 Å². The minimum absolute atomic E-state index is 0.0132. The van der Waals surface area contributed by atoms with Crippen molar-refractivity contribution in [2.45, 2.75) is 66.5 Å². The van der Waals surface area contributed by atoms with Crippen LogP contribution < -0.4 is 15.4 Å². The molecule has 2 N–H and O–H groups in total. The van der Waals surface area contributed by atoms with Gasteiger partial charge in [-0.3, -0.25) is 0 Å². The summed E-state index contributed by atoms with van der Waals surface area (Å²) in [5, 5.41) is 8.79. The lowest BCUT2D eigenvalue weighted by Crippen LogP contribution is -2.38. The van der Waals surface area contributed by atoms with Gasteiger partial charge >= 0.3 is 6.09 Å². The van der Waals surface area contributed by atoms with Gasteiger partial charge in [0.2, 0.25) is 5.95 Å². The number of alkyl carbamates (subject to hydrolysis) is 1. The number of hydrogen-bond acceptors (Lipinski definition) is 8. The third-order valence-electron chi connectivity index (χ3n) is 5.01. The van der Waals surface area contributed by atoms with Crippen LogP contribution in [0.1, 0.15) is 52.3 Å². The fraction of sp³-hybridized carbons (Fsp3) is 0.462. The molecule has 2 atom stereocenters. The molecule has 0 spiro atoms. The van der Waals surface area contributed by atoms with Gasteiger partial charge in [0.1, 0.15) is 11.4 Å². The number of thiazole rings is 1. The minimum Gasteiger partial charge on any atom is -0.493 e. The molecule has 0 saturated heterocycles. The molecule has 2 unspecified atom stereocenters. The maximum atomic E-state index is 12.0. The Labute approximate surface area is 211 Å². The molecule has 0 bridgehead atoms. The Hall–Kier alpha value is -3.20. The molecule has 2 heterocycles. The summed E-state index contributed by atoms with van der Waals surface area (Å²) in [6.45, 7) is 14.2. The first-order chi connectivity index (χ1) is 16.5. The molecule has 35 heavy (non-hydrogen) atoms. The first kappa shape index (κ1) is 26.4. The average molecular weight is 498 g/mol. The quantitative estimate of drug-likeness (QED) is 0.359. The Bertz CT molecular complexity index is 1140. The Morgan fingerprint density at radius 1 is 1.14 bits per heavy atom. The van der Waals surface area contributed by atoms with Gasteiger partial charge in [0.05, 0.1) is 18.0 Å². The van der Waals surface area contributed by atoms with Crippen LogP contribution >= 0.6 is 11.3 Å². The number of aromatic nitrogens is 3. The summed E-state index contributed by atoms with van der Waals surface area (Å²) in [6.07, 6.45) is 2.12. The monoisotopic (exact) mass is 497 g/mol. The molecule has 0 radical (unpaired) electrons. The Balaban J connectivity index is 1.55. The molecule has 0 saturated carbocycles. The molecule has 1 amide bonds. The highest BCUT2D eigenvalue weighted by molar-refractivity contribution is 7.13. The van der Waals surface area contributed by atoms with Crippen LogP contribution in [0.5, 0.6) is 5.75 Å². The third-order valence-corrected chi connectivity index (χ3v) is 5.88. The van der Waals surface area contributed by atoms with E-state index in [0.29, 0.717) is 12.6 Å². The Kier molecular flexibility index (Phi) is 8.67. The van der Waals surface area contributed by atoms with E-state index in [1.165, 1.54) is 11.3 Å². The number of hydrogen-bond donors (Lipinski definition) is 2. The van der Waals surface area contributed by atoms with Gasteiger partial charge in [-0.25, -0.2) is 19.7 Å². The first-order valence-electron chi connectivity index (χ1n) is 11.7. The molecule has 0 aliphatic heterocycles. The van der Waals surface area contributed by atoms with Crippen molar-refractivity contribution in [1.29, 1.82) is 0 Å². The van der Waals surface area contributed by atoms with E-state index >= 15 is 0 Å². The van der Waals surface area contributed by atoms with Crippen molar-refractivity contribution in [2.24, 2.45) is 5.92 Å². The van der Waals surface area contributed by atoms with Crippen molar-refractivity contribution in [3.8, 4) is 17.0 Å². The van der Waals surface area contributed by atoms with Gasteiger partial charge in [-0.15, -0.1) is 11.3 Å². The summed E-state index contributed by atoms with van der Waals surface area (Å²) < 4.78 is 11.4. The van der Waals surface area contributed by atoms with Gasteiger partial charge < -0.3 is 20.1 Å². The minimum atomic E-state index is -0.507. The number of benzene rings is 1. The summed E-state index contributed by atoms with van der Waals surface area (Å²) in [6, 6.07) is 7.90. The number of carbonyl (C=O) groups excluding carboxylic acids is 1. The van der Waals surface area contributed by atoms with Crippen molar-refractivity contribution in [3.05, 3.63) is 47.1 Å². The zero-order valence-corrected chi connectivity index (χ0v) is 22.3. The molecular weight excluding hydrogens is 462 g/mol. The molecule has 0 fully saturated rings. The summed E-state index contributed by atoms with van der Waals surface area (Å²) in [5.41, 5.74) is 3.29. The van der Waals surface area contributed by atoms with E-state index in [1.807, 2.05) is 65.1 Å². The summed E-state index contributed by atoms with van der Waals surface area (Å²) in [4.78, 5) is 25.3. The molecule has 0 aliphatic carbocycles. The third kappa shape index (κ3) is 8.51. The zero-order valence-electron chi connectivity index (χ0n) is 21.5. The first-order valence-corrected chi connectivity index (χ1v) is 12.6. The van der Waals surface area contributed by atoms with Crippen LogP contribution in [0, 0.1) is 19.8 Å². The topological polar surface area (TPSA) is 98.3 Å². The Morgan fingerprint density at radius 2 is 1.91 bits per heavy atom. The highest BCUT2D eigenvalue weighted by atomic mass is 32.1. The number of amides is 1. The van der Waals surface area contributed by atoms with Crippen molar-refractivity contribution < 1.29 is 14.3 Å². The number of aryl methyl sites for hydroxylation is 2. The predicted molar refractivity (Wildman–Crippen MR) is 140 cm³/mol. The molecule has 2 aromatic heterocycles. The largest absolute Gasteiger partial charge is 0.493 e. The van der Waals surface area contributed by atoms with E-state index < -0.39 is 11.7 Å². The second-order valence-electron chi connectivity index (χ2n) is 9.86. The van der Waals surface area contributed by atoms with Gasteiger partial charge in [0, 0.05) is 23.2 Å². The molecule has 9 heteroatoms. The molecule has 3 rings (SSSR count). The summed E-state index contributed by atoms with van der Waals surface area (Å²) >= 11 is 1.52. The van der Waals surface area contributed by atoms with Gasteiger partial charge in [-0.1, -0.05) is 6.92 Å². The van der Waals surface area contributed by atoms with E-state index in [9.17, 15) is 4.79 Å². The van der Waals surface area contributed by atoms with Crippen LogP contribution in [0.4, 0.5) is 15.9 Å². The normalized spacial score (nSPS) is 13.1. The number of rotatable bonds is 9. The number of ether oxygens (including phenoxy) is 2. The Morgan fingerprint density at radius 3 is 2.57 bits per heavy atom. The van der Waals surface area contributed by atoms with E-state index in [-0.39, 0.29) is 12.0 Å². The van der Waals surface area contributed by atoms with Gasteiger partial charge in [-0.05, 0) is 83.7 Å². The lowest BCUT2D eigenvalue weighted by atomic mass is 10.0. The zero-order chi connectivity index (χ0) is 25.6.